The van der Waals surface area contributed by atoms with Crippen LogP contribution in [-0.4, -0.2) is 14.4 Å². The Morgan fingerprint density at radius 2 is 1.77 bits per heavy atom. The molecule has 3 N–H and O–H groups in total. The van der Waals surface area contributed by atoms with Crippen molar-refractivity contribution >= 4 is 44.9 Å². The zero-order valence-electron chi connectivity index (χ0n) is 14.1. The highest BCUT2D eigenvalue weighted by atomic mass is 35.5. The number of carbonyl (C=O) groups excluding carboxylic acids is 1. The zero-order valence-corrected chi connectivity index (χ0v) is 16.4. The van der Waals surface area contributed by atoms with Gasteiger partial charge in [-0.3, -0.25) is 5.43 Å². The Morgan fingerprint density at radius 1 is 1.08 bits per heavy atom. The minimum atomic E-state index is -3.88. The lowest BCUT2D eigenvalue weighted by Crippen LogP contribution is -2.43. The van der Waals surface area contributed by atoms with Crippen molar-refractivity contribution in [2.75, 3.05) is 5.32 Å². The second-order valence-electron chi connectivity index (χ2n) is 5.53. The maximum Gasteiger partial charge on any atom is 0.334 e. The summed E-state index contributed by atoms with van der Waals surface area (Å²) in [4.78, 5) is 14.0. The molecule has 2 rings (SSSR count). The first-order chi connectivity index (χ1) is 12.3. The molecule has 9 heteroatoms. The third-order valence-electron chi connectivity index (χ3n) is 3.55. The van der Waals surface area contributed by atoms with Crippen LogP contribution in [0.1, 0.15) is 25.3 Å². The number of nitrogens with one attached hydrogen (secondary N) is 3. The second kappa shape index (κ2) is 9.23. The average molecular weight is 416 g/mol. The zero-order chi connectivity index (χ0) is 19.2. The molecule has 0 aliphatic rings. The van der Waals surface area contributed by atoms with E-state index in [0.29, 0.717) is 0 Å². The number of hydrogen-bond acceptors (Lipinski definition) is 3. The molecular formula is C17H19Cl2N3O3S. The molecule has 0 radical (unpaired) electrons. The third-order valence-corrected chi connectivity index (χ3v) is 5.63. The van der Waals surface area contributed by atoms with Crippen molar-refractivity contribution < 1.29 is 13.2 Å². The average Bonchev–Trinajstić information content (AvgIpc) is 2.62. The molecule has 2 aromatic rings. The van der Waals surface area contributed by atoms with Crippen molar-refractivity contribution in [2.45, 2.75) is 31.1 Å². The van der Waals surface area contributed by atoms with Crippen molar-refractivity contribution in [1.29, 1.82) is 0 Å². The fraction of sp³-hybridized carbons (Fsp3) is 0.235. The summed E-state index contributed by atoms with van der Waals surface area (Å²) < 4.78 is 24.5. The van der Waals surface area contributed by atoms with E-state index in [2.05, 4.69) is 17.7 Å². The van der Waals surface area contributed by atoms with Crippen LogP contribution in [0.15, 0.2) is 47.4 Å². The molecule has 26 heavy (non-hydrogen) atoms. The van der Waals surface area contributed by atoms with E-state index in [9.17, 15) is 13.2 Å². The minimum Gasteiger partial charge on any atom is -0.305 e. The molecule has 140 valence electrons. The van der Waals surface area contributed by atoms with Gasteiger partial charge in [0.1, 0.15) is 0 Å². The molecule has 0 saturated heterocycles. The molecule has 0 spiro atoms. The van der Waals surface area contributed by atoms with E-state index < -0.39 is 16.1 Å². The lowest BCUT2D eigenvalue weighted by Gasteiger charge is -2.11. The number of hydrogen-bond donors (Lipinski definition) is 3. The van der Waals surface area contributed by atoms with Gasteiger partial charge in [0.15, 0.2) is 0 Å². The van der Waals surface area contributed by atoms with Crippen LogP contribution in [0.2, 0.25) is 10.0 Å². The van der Waals surface area contributed by atoms with Gasteiger partial charge < -0.3 is 5.32 Å². The largest absolute Gasteiger partial charge is 0.334 e. The summed E-state index contributed by atoms with van der Waals surface area (Å²) >= 11 is 11.8. The molecule has 2 aromatic carbocycles. The summed E-state index contributed by atoms with van der Waals surface area (Å²) in [5.74, 6) is 0. The molecule has 2 amide bonds. The Bertz CT molecular complexity index is 871. The molecule has 0 aliphatic carbocycles. The van der Waals surface area contributed by atoms with E-state index in [0.717, 1.165) is 24.8 Å². The molecule has 0 atom stereocenters. The number of rotatable bonds is 7. The Kier molecular flexibility index (Phi) is 7.28. The summed E-state index contributed by atoms with van der Waals surface area (Å²) in [5, 5.41) is 2.85. The number of amides is 2. The molecule has 0 aliphatic heterocycles. The number of halogens is 2. The summed E-state index contributed by atoms with van der Waals surface area (Å²) in [6.45, 7) is 2.09. The first-order valence-corrected chi connectivity index (χ1v) is 10.2. The van der Waals surface area contributed by atoms with Gasteiger partial charge in [0.05, 0.1) is 20.6 Å². The van der Waals surface area contributed by atoms with E-state index in [1.807, 2.05) is 4.83 Å². The van der Waals surface area contributed by atoms with E-state index in [-0.39, 0.29) is 20.6 Å². The molecule has 0 heterocycles. The van der Waals surface area contributed by atoms with Crippen molar-refractivity contribution in [3.63, 3.8) is 0 Å². The summed E-state index contributed by atoms with van der Waals surface area (Å²) in [7, 11) is -3.88. The van der Waals surface area contributed by atoms with Crippen molar-refractivity contribution in [1.82, 2.24) is 10.3 Å². The van der Waals surface area contributed by atoms with Crippen LogP contribution >= 0.6 is 23.2 Å². The Hall–Kier alpha value is -1.80. The first kappa shape index (κ1) is 20.5. The van der Waals surface area contributed by atoms with E-state index in [4.69, 9.17) is 23.2 Å². The molecule has 0 unspecified atom stereocenters. The fourth-order valence-electron chi connectivity index (χ4n) is 2.14. The highest BCUT2D eigenvalue weighted by Gasteiger charge is 2.15. The quantitative estimate of drug-likeness (QED) is 0.587. The van der Waals surface area contributed by atoms with Gasteiger partial charge in [0.2, 0.25) is 0 Å². The molecule has 0 saturated carbocycles. The number of hydrazine groups is 1. The first-order valence-electron chi connectivity index (χ1n) is 7.95. The third kappa shape index (κ3) is 5.60. The maximum absolute atomic E-state index is 12.2. The van der Waals surface area contributed by atoms with Crippen molar-refractivity contribution in [2.24, 2.45) is 0 Å². The number of aryl methyl sites for hydroxylation is 1. The Morgan fingerprint density at radius 3 is 2.42 bits per heavy atom. The van der Waals surface area contributed by atoms with E-state index in [1.165, 1.54) is 18.2 Å². The van der Waals surface area contributed by atoms with Gasteiger partial charge in [0.25, 0.3) is 10.0 Å². The predicted octanol–water partition coefficient (Wildman–Crippen LogP) is 4.35. The smallest absolute Gasteiger partial charge is 0.305 e. The van der Waals surface area contributed by atoms with Crippen LogP contribution in [0.3, 0.4) is 0 Å². The van der Waals surface area contributed by atoms with Crippen LogP contribution in [0, 0.1) is 0 Å². The standard InChI is InChI=1S/C17H19Cl2N3O3S/c1-2-3-5-12-8-10-13(11-9-12)26(24,25)22-21-17(23)20-15-7-4-6-14(18)16(15)19/h4,6-11,22H,2-3,5H2,1H3,(H2,20,21,23). The second-order valence-corrected chi connectivity index (χ2v) is 8.00. The number of sulfonamides is 1. The van der Waals surface area contributed by atoms with Gasteiger partial charge in [0, 0.05) is 0 Å². The molecular weight excluding hydrogens is 397 g/mol. The van der Waals surface area contributed by atoms with Crippen LogP contribution in [0.4, 0.5) is 10.5 Å². The van der Waals surface area contributed by atoms with Gasteiger partial charge in [-0.05, 0) is 42.7 Å². The normalized spacial score (nSPS) is 11.2. The SMILES string of the molecule is CCCCc1ccc(S(=O)(=O)NNC(=O)Nc2cccc(Cl)c2Cl)cc1. The summed E-state index contributed by atoms with van der Waals surface area (Å²) in [6, 6.07) is 10.4. The van der Waals surface area contributed by atoms with Crippen LogP contribution < -0.4 is 15.6 Å². The summed E-state index contributed by atoms with van der Waals surface area (Å²) in [6.07, 6.45) is 3.00. The number of anilines is 1. The monoisotopic (exact) mass is 415 g/mol. The minimum absolute atomic E-state index is 0.0545. The van der Waals surface area contributed by atoms with E-state index in [1.54, 1.807) is 24.3 Å². The number of carbonyl (C=O) groups is 1. The molecule has 0 fully saturated rings. The Labute approximate surface area is 162 Å². The fourth-order valence-corrected chi connectivity index (χ4v) is 3.33. The van der Waals surface area contributed by atoms with Gasteiger partial charge >= 0.3 is 6.03 Å². The van der Waals surface area contributed by atoms with Gasteiger partial charge in [-0.2, -0.15) is 0 Å². The highest BCUT2D eigenvalue weighted by Crippen LogP contribution is 2.29. The van der Waals surface area contributed by atoms with E-state index >= 15 is 0 Å². The number of benzene rings is 2. The van der Waals surface area contributed by atoms with Crippen LogP contribution in [-0.2, 0) is 16.4 Å². The van der Waals surface area contributed by atoms with Gasteiger partial charge in [-0.1, -0.05) is 54.7 Å². The van der Waals surface area contributed by atoms with Crippen LogP contribution in [0.25, 0.3) is 0 Å². The van der Waals surface area contributed by atoms with Crippen LogP contribution in [0.5, 0.6) is 0 Å². The topological polar surface area (TPSA) is 87.3 Å². The lowest BCUT2D eigenvalue weighted by atomic mass is 10.1. The maximum atomic E-state index is 12.2. The molecule has 6 nitrogen and oxygen atoms in total. The highest BCUT2D eigenvalue weighted by molar-refractivity contribution is 7.89. The Balaban J connectivity index is 1.96. The summed E-state index contributed by atoms with van der Waals surface area (Å²) in [5.41, 5.74) is 3.40. The predicted molar refractivity (Wildman–Crippen MR) is 104 cm³/mol. The van der Waals surface area contributed by atoms with Gasteiger partial charge in [-0.15, -0.1) is 4.83 Å². The number of urea groups is 1. The lowest BCUT2D eigenvalue weighted by molar-refractivity contribution is 0.250. The van der Waals surface area contributed by atoms with Gasteiger partial charge in [-0.25, -0.2) is 13.2 Å². The molecule has 0 bridgehead atoms. The number of unbranched alkanes of at least 4 members (excludes halogenated alkanes) is 1. The molecule has 0 aromatic heterocycles. The van der Waals surface area contributed by atoms with Crippen molar-refractivity contribution in [3.8, 4) is 0 Å². The van der Waals surface area contributed by atoms with Crippen molar-refractivity contribution in [3.05, 3.63) is 58.1 Å².